The van der Waals surface area contributed by atoms with E-state index in [1.807, 2.05) is 13.0 Å². The lowest BCUT2D eigenvalue weighted by Crippen LogP contribution is -2.83. The van der Waals surface area contributed by atoms with Gasteiger partial charge < -0.3 is 29.7 Å². The molecule has 4 N–H and O–H groups in total. The van der Waals surface area contributed by atoms with E-state index in [1.54, 1.807) is 31.4 Å². The number of carbonyl (C=O) groups excluding carboxylic acids is 2. The molecule has 5 fully saturated rings. The minimum absolute atomic E-state index is 0.125. The van der Waals surface area contributed by atoms with E-state index >= 15 is 0 Å². The Morgan fingerprint density at radius 2 is 1.58 bits per heavy atom. The molecular weight excluding hydrogens is 698 g/mol. The van der Waals surface area contributed by atoms with Gasteiger partial charge in [-0.2, -0.15) is 0 Å². The third kappa shape index (κ3) is 5.22. The predicted octanol–water partition coefficient (Wildman–Crippen LogP) is 7.27. The van der Waals surface area contributed by atoms with Gasteiger partial charge in [0.2, 0.25) is 0 Å². The Hall–Kier alpha value is -4.45. The van der Waals surface area contributed by atoms with E-state index in [1.165, 1.54) is 48.2 Å². The smallest absolute Gasteiger partial charge is 0.417 e. The fourth-order valence-electron chi connectivity index (χ4n) is 11.5. The van der Waals surface area contributed by atoms with Crippen LogP contribution in [0.5, 0.6) is 11.5 Å². The van der Waals surface area contributed by atoms with Gasteiger partial charge in [0.25, 0.3) is 5.91 Å². The summed E-state index contributed by atoms with van der Waals surface area (Å²) in [6.45, 7) is 10.5. The van der Waals surface area contributed by atoms with Crippen molar-refractivity contribution in [2.45, 2.75) is 101 Å². The molecular formula is C44H51N3O8. The average molecular weight is 750 g/mol. The van der Waals surface area contributed by atoms with Crippen LogP contribution < -0.4 is 20.1 Å². The van der Waals surface area contributed by atoms with Crippen molar-refractivity contribution in [3.8, 4) is 11.5 Å². The molecule has 0 radical (unpaired) electrons. The summed E-state index contributed by atoms with van der Waals surface area (Å²) in [6, 6.07) is 16.7. The van der Waals surface area contributed by atoms with Crippen molar-refractivity contribution < 1.29 is 38.8 Å². The van der Waals surface area contributed by atoms with Crippen LogP contribution in [0.2, 0.25) is 0 Å². The number of methoxy groups -OCH3 is 1. The van der Waals surface area contributed by atoms with E-state index in [9.17, 15) is 19.5 Å². The minimum Gasteiger partial charge on any atom is -0.482 e. The first-order valence-corrected chi connectivity index (χ1v) is 19.7. The summed E-state index contributed by atoms with van der Waals surface area (Å²) < 4.78 is 20.0. The number of rotatable bonds is 9. The molecule has 2 unspecified atom stereocenters. The topological polar surface area (TPSA) is 147 Å². The van der Waals surface area contributed by atoms with Crippen LogP contribution in [0.3, 0.4) is 0 Å². The van der Waals surface area contributed by atoms with E-state index < -0.39 is 28.7 Å². The molecule has 4 bridgehead atoms. The Labute approximate surface area is 321 Å². The lowest BCUT2D eigenvalue weighted by molar-refractivity contribution is -0.312. The highest BCUT2D eigenvalue weighted by molar-refractivity contribution is 6.04. The predicted molar refractivity (Wildman–Crippen MR) is 206 cm³/mol. The van der Waals surface area contributed by atoms with Crippen LogP contribution in [-0.2, 0) is 16.6 Å². The van der Waals surface area contributed by atoms with Crippen molar-refractivity contribution in [3.63, 3.8) is 0 Å². The van der Waals surface area contributed by atoms with Crippen LogP contribution in [0.25, 0.3) is 0 Å². The molecule has 3 aromatic carbocycles. The number of hydrogen-bond acceptors (Lipinski definition) is 8. The third-order valence-corrected chi connectivity index (χ3v) is 14.8. The van der Waals surface area contributed by atoms with Crippen molar-refractivity contribution in [2.24, 2.45) is 22.7 Å². The number of piperidine rings is 1. The number of nitrogens with zero attached hydrogens (tertiary/aromatic N) is 1. The second kappa shape index (κ2) is 12.3. The van der Waals surface area contributed by atoms with Crippen molar-refractivity contribution in [3.05, 3.63) is 82.9 Å². The van der Waals surface area contributed by atoms with E-state index in [0.29, 0.717) is 34.5 Å². The number of hydrogen-bond donors (Lipinski definition) is 4. The molecule has 4 saturated carbocycles. The zero-order valence-electron chi connectivity index (χ0n) is 32.2. The van der Waals surface area contributed by atoms with Gasteiger partial charge in [-0.1, -0.05) is 26.8 Å². The molecule has 290 valence electrons. The Morgan fingerprint density at radius 1 is 0.909 bits per heavy atom. The molecule has 55 heavy (non-hydrogen) atoms. The SMILES string of the molecule is CO[C@]12CCC3(C[C@@H]1[C@](C)(O)C(C)(C)C)[C@H]1Cc4ccc(OC(=O)Nc5ccc(C(=O)Nc6ccc(C(=O)O)cc6)cc5)c5c4C3(CCN1CC1CC1)[C@H]2O5. The summed E-state index contributed by atoms with van der Waals surface area (Å²) in [7, 11) is 1.79. The molecule has 2 aliphatic heterocycles. The molecule has 2 spiro atoms. The highest BCUT2D eigenvalue weighted by Crippen LogP contribution is 2.78. The summed E-state index contributed by atoms with van der Waals surface area (Å²) in [5.74, 6) is 0.177. The highest BCUT2D eigenvalue weighted by atomic mass is 16.6. The van der Waals surface area contributed by atoms with Crippen LogP contribution in [0.1, 0.15) is 98.1 Å². The molecule has 11 heteroatoms. The van der Waals surface area contributed by atoms with E-state index in [-0.39, 0.29) is 34.3 Å². The average Bonchev–Trinajstić information content (AvgIpc) is 3.90. The lowest BCUT2D eigenvalue weighted by Gasteiger charge is -2.75. The van der Waals surface area contributed by atoms with E-state index in [2.05, 4.69) is 42.4 Å². The number of ether oxygens (including phenoxy) is 3. The number of amides is 2. The molecule has 1 saturated heterocycles. The van der Waals surface area contributed by atoms with E-state index in [0.717, 1.165) is 51.1 Å². The monoisotopic (exact) mass is 749 g/mol. The van der Waals surface area contributed by atoms with Gasteiger partial charge in [0, 0.05) is 58.9 Å². The van der Waals surface area contributed by atoms with Crippen molar-refractivity contribution >= 4 is 29.3 Å². The van der Waals surface area contributed by atoms with Gasteiger partial charge in [-0.05, 0) is 130 Å². The molecule has 5 aliphatic carbocycles. The van der Waals surface area contributed by atoms with Crippen LogP contribution in [-0.4, -0.2) is 76.6 Å². The second-order valence-corrected chi connectivity index (χ2v) is 18.2. The number of carbonyl (C=O) groups is 3. The summed E-state index contributed by atoms with van der Waals surface area (Å²) in [5.41, 5.74) is 1.21. The Balaban J connectivity index is 1.00. The number of aliphatic hydroxyl groups is 1. The summed E-state index contributed by atoms with van der Waals surface area (Å²) in [5, 5.41) is 27.2. The van der Waals surface area contributed by atoms with Gasteiger partial charge in [-0.15, -0.1) is 0 Å². The number of benzene rings is 3. The Bertz CT molecular complexity index is 2070. The van der Waals surface area contributed by atoms with Gasteiger partial charge in [0.1, 0.15) is 11.7 Å². The van der Waals surface area contributed by atoms with Gasteiger partial charge in [0.15, 0.2) is 11.5 Å². The van der Waals surface area contributed by atoms with Gasteiger partial charge in [-0.25, -0.2) is 9.59 Å². The zero-order valence-corrected chi connectivity index (χ0v) is 32.2. The standard InChI is InChI=1S/C44H51N3O8/c1-40(2,3)41(4,52)32-23-42-18-19-44(32,53-5)38-43(42)20-21-47(24-25-6-7-25)33(42)22-28-12-17-31(35(55-38)34(28)43)54-39(51)46-30-13-8-26(9-14-30)36(48)45-29-15-10-27(11-16-29)37(49)50/h8-17,25,32-33,38,52H,6-7,18-24H2,1-5H3,(H,45,48)(H,46,51)(H,49,50)/t32-,33-,38-,41+,42?,43?,44-/m1/s1. The molecule has 2 heterocycles. The zero-order chi connectivity index (χ0) is 38.7. The Morgan fingerprint density at radius 3 is 2.22 bits per heavy atom. The third-order valence-electron chi connectivity index (χ3n) is 14.8. The molecule has 2 amide bonds. The van der Waals surface area contributed by atoms with Gasteiger partial charge in [-0.3, -0.25) is 15.0 Å². The summed E-state index contributed by atoms with van der Waals surface area (Å²) in [4.78, 5) is 40.3. The molecule has 0 aromatic heterocycles. The van der Waals surface area contributed by atoms with Gasteiger partial charge in [0.05, 0.1) is 11.2 Å². The number of fused-ring (bicyclic) bond motifs is 2. The number of nitrogens with one attached hydrogen (secondary N) is 2. The normalized spacial score (nSPS) is 31.1. The molecule has 10 rings (SSSR count). The number of likely N-dealkylation sites (tertiary alicyclic amines) is 1. The van der Waals surface area contributed by atoms with Crippen molar-refractivity contribution in [2.75, 3.05) is 30.8 Å². The van der Waals surface area contributed by atoms with Crippen LogP contribution >= 0.6 is 0 Å². The fourth-order valence-corrected chi connectivity index (χ4v) is 11.5. The molecule has 7 aliphatic rings. The highest BCUT2D eigenvalue weighted by Gasteiger charge is 2.82. The number of carboxylic acids is 1. The first-order valence-electron chi connectivity index (χ1n) is 19.7. The van der Waals surface area contributed by atoms with Crippen molar-refractivity contribution in [1.82, 2.24) is 4.90 Å². The maximum Gasteiger partial charge on any atom is 0.417 e. The maximum absolute atomic E-state index is 13.5. The maximum atomic E-state index is 13.5. The minimum atomic E-state index is -1.04. The second-order valence-electron chi connectivity index (χ2n) is 18.2. The first kappa shape index (κ1) is 36.2. The van der Waals surface area contributed by atoms with Crippen LogP contribution in [0.4, 0.5) is 16.2 Å². The van der Waals surface area contributed by atoms with Crippen LogP contribution in [0.15, 0.2) is 60.7 Å². The molecule has 7 atom stereocenters. The first-order chi connectivity index (χ1) is 26.1. The molecule has 11 nitrogen and oxygen atoms in total. The lowest BCUT2D eigenvalue weighted by atomic mass is 9.33. The van der Waals surface area contributed by atoms with Crippen LogP contribution in [0, 0.1) is 22.7 Å². The number of anilines is 2. The van der Waals surface area contributed by atoms with E-state index in [4.69, 9.17) is 19.3 Å². The molecule has 3 aromatic rings. The number of aromatic carboxylic acids is 1. The largest absolute Gasteiger partial charge is 0.482 e. The quantitative estimate of drug-likeness (QED) is 0.177. The Kier molecular flexibility index (Phi) is 8.08. The number of carboxylic acid groups (broad SMARTS) is 1. The summed E-state index contributed by atoms with van der Waals surface area (Å²) in [6.07, 6.45) is 6.07. The fraction of sp³-hybridized carbons (Fsp3) is 0.523. The van der Waals surface area contributed by atoms with Gasteiger partial charge >= 0.3 is 12.1 Å². The van der Waals surface area contributed by atoms with Crippen molar-refractivity contribution in [1.29, 1.82) is 0 Å². The summed E-state index contributed by atoms with van der Waals surface area (Å²) >= 11 is 0.